The van der Waals surface area contributed by atoms with Crippen molar-refractivity contribution in [2.24, 2.45) is 0 Å². The molecule has 1 aliphatic rings. The van der Waals surface area contributed by atoms with Crippen molar-refractivity contribution in [2.45, 2.75) is 51.2 Å². The highest BCUT2D eigenvalue weighted by Crippen LogP contribution is 2.21. The Morgan fingerprint density at radius 2 is 1.72 bits per heavy atom. The van der Waals surface area contributed by atoms with E-state index in [1.807, 2.05) is 0 Å². The highest BCUT2D eigenvalue weighted by molar-refractivity contribution is 4.77. The SMILES string of the molecule is CCCNC1CCC(OCCOCCOC)CC1. The molecule has 0 atom stereocenters. The summed E-state index contributed by atoms with van der Waals surface area (Å²) < 4.78 is 16.1. The van der Waals surface area contributed by atoms with Crippen LogP contribution in [0.4, 0.5) is 0 Å². The van der Waals surface area contributed by atoms with Gasteiger partial charge in [-0.3, -0.25) is 0 Å². The fourth-order valence-corrected chi connectivity index (χ4v) is 2.30. The number of ether oxygens (including phenoxy) is 3. The maximum atomic E-state index is 5.82. The van der Waals surface area contributed by atoms with Gasteiger partial charge >= 0.3 is 0 Å². The second-order valence-corrected chi connectivity index (χ2v) is 4.90. The summed E-state index contributed by atoms with van der Waals surface area (Å²) in [7, 11) is 1.69. The average molecular weight is 259 g/mol. The van der Waals surface area contributed by atoms with Gasteiger partial charge in [0.05, 0.1) is 32.5 Å². The van der Waals surface area contributed by atoms with Crippen molar-refractivity contribution < 1.29 is 14.2 Å². The van der Waals surface area contributed by atoms with Gasteiger partial charge in [-0.15, -0.1) is 0 Å². The molecule has 0 bridgehead atoms. The molecular formula is C14H29NO3. The van der Waals surface area contributed by atoms with E-state index in [9.17, 15) is 0 Å². The number of methoxy groups -OCH3 is 1. The molecule has 1 aliphatic carbocycles. The van der Waals surface area contributed by atoms with E-state index in [-0.39, 0.29) is 0 Å². The lowest BCUT2D eigenvalue weighted by atomic mass is 9.93. The van der Waals surface area contributed by atoms with Crippen LogP contribution in [0.3, 0.4) is 0 Å². The Labute approximate surface area is 111 Å². The van der Waals surface area contributed by atoms with Gasteiger partial charge in [-0.05, 0) is 38.6 Å². The molecular weight excluding hydrogens is 230 g/mol. The van der Waals surface area contributed by atoms with Gasteiger partial charge in [0.25, 0.3) is 0 Å². The summed E-state index contributed by atoms with van der Waals surface area (Å²) in [6.07, 6.45) is 6.51. The third-order valence-corrected chi connectivity index (χ3v) is 3.37. The smallest absolute Gasteiger partial charge is 0.0704 e. The number of nitrogens with one attached hydrogen (secondary N) is 1. The van der Waals surface area contributed by atoms with Gasteiger partial charge in [0.15, 0.2) is 0 Å². The lowest BCUT2D eigenvalue weighted by Crippen LogP contribution is -2.36. The predicted octanol–water partition coefficient (Wildman–Crippen LogP) is 1.98. The quantitative estimate of drug-likeness (QED) is 0.609. The zero-order chi connectivity index (χ0) is 13.1. The number of rotatable bonds is 10. The van der Waals surface area contributed by atoms with E-state index in [1.165, 1.54) is 32.1 Å². The third kappa shape index (κ3) is 7.31. The molecule has 0 amide bonds. The second-order valence-electron chi connectivity index (χ2n) is 4.90. The van der Waals surface area contributed by atoms with Crippen molar-refractivity contribution >= 4 is 0 Å². The van der Waals surface area contributed by atoms with Crippen molar-refractivity contribution in [2.75, 3.05) is 40.1 Å². The standard InChI is InChI=1S/C14H29NO3/c1-3-8-15-13-4-6-14(7-5-13)18-12-11-17-10-9-16-2/h13-15H,3-12H2,1-2H3. The molecule has 1 fully saturated rings. The van der Waals surface area contributed by atoms with Crippen LogP contribution < -0.4 is 5.32 Å². The highest BCUT2D eigenvalue weighted by atomic mass is 16.5. The topological polar surface area (TPSA) is 39.7 Å². The van der Waals surface area contributed by atoms with Crippen LogP contribution in [-0.2, 0) is 14.2 Å². The van der Waals surface area contributed by atoms with Gasteiger partial charge in [0, 0.05) is 13.2 Å². The molecule has 1 rings (SSSR count). The van der Waals surface area contributed by atoms with E-state index >= 15 is 0 Å². The molecule has 18 heavy (non-hydrogen) atoms. The van der Waals surface area contributed by atoms with Crippen LogP contribution in [0.15, 0.2) is 0 Å². The Morgan fingerprint density at radius 3 is 2.39 bits per heavy atom. The summed E-state index contributed by atoms with van der Waals surface area (Å²) in [4.78, 5) is 0. The molecule has 0 unspecified atom stereocenters. The highest BCUT2D eigenvalue weighted by Gasteiger charge is 2.20. The fourth-order valence-electron chi connectivity index (χ4n) is 2.30. The van der Waals surface area contributed by atoms with Crippen LogP contribution in [0.2, 0.25) is 0 Å². The lowest BCUT2D eigenvalue weighted by molar-refractivity contribution is -0.0210. The van der Waals surface area contributed by atoms with Gasteiger partial charge in [-0.25, -0.2) is 0 Å². The van der Waals surface area contributed by atoms with Crippen LogP contribution in [0.1, 0.15) is 39.0 Å². The zero-order valence-corrected chi connectivity index (χ0v) is 12.0. The normalized spacial score (nSPS) is 24.3. The van der Waals surface area contributed by atoms with Crippen LogP contribution in [-0.4, -0.2) is 52.2 Å². The molecule has 1 saturated carbocycles. The summed E-state index contributed by atoms with van der Waals surface area (Å²) in [6, 6.07) is 0.711. The molecule has 0 heterocycles. The first-order valence-corrected chi connectivity index (χ1v) is 7.28. The Kier molecular flexibility index (Phi) is 9.48. The van der Waals surface area contributed by atoms with E-state index in [2.05, 4.69) is 12.2 Å². The van der Waals surface area contributed by atoms with E-state index in [0.29, 0.717) is 38.6 Å². The average Bonchev–Trinajstić information content (AvgIpc) is 2.42. The first kappa shape index (κ1) is 15.9. The molecule has 0 aromatic carbocycles. The predicted molar refractivity (Wildman–Crippen MR) is 73.0 cm³/mol. The van der Waals surface area contributed by atoms with Crippen LogP contribution >= 0.6 is 0 Å². The summed E-state index contributed by atoms with van der Waals surface area (Å²) in [5.74, 6) is 0. The molecule has 1 N–H and O–H groups in total. The van der Waals surface area contributed by atoms with Gasteiger partial charge in [-0.2, -0.15) is 0 Å². The summed E-state index contributed by atoms with van der Waals surface area (Å²) in [5, 5.41) is 3.59. The summed E-state index contributed by atoms with van der Waals surface area (Å²) in [6.45, 7) is 6.06. The minimum absolute atomic E-state index is 0.440. The molecule has 0 aromatic heterocycles. The van der Waals surface area contributed by atoms with Gasteiger partial charge in [-0.1, -0.05) is 6.92 Å². The molecule has 0 aromatic rings. The Balaban J connectivity index is 1.92. The maximum absolute atomic E-state index is 5.82. The Hall–Kier alpha value is -0.160. The Morgan fingerprint density at radius 1 is 1.00 bits per heavy atom. The van der Waals surface area contributed by atoms with Gasteiger partial charge < -0.3 is 19.5 Å². The molecule has 4 heteroatoms. The molecule has 0 saturated heterocycles. The third-order valence-electron chi connectivity index (χ3n) is 3.37. The first-order valence-electron chi connectivity index (χ1n) is 7.28. The Bertz CT molecular complexity index is 182. The lowest BCUT2D eigenvalue weighted by Gasteiger charge is -2.29. The number of hydrogen-bond donors (Lipinski definition) is 1. The van der Waals surface area contributed by atoms with Crippen LogP contribution in [0, 0.1) is 0 Å². The van der Waals surface area contributed by atoms with Gasteiger partial charge in [0.1, 0.15) is 0 Å². The minimum atomic E-state index is 0.440. The second kappa shape index (κ2) is 10.7. The van der Waals surface area contributed by atoms with Crippen molar-refractivity contribution in [3.05, 3.63) is 0 Å². The van der Waals surface area contributed by atoms with E-state index in [0.717, 1.165) is 6.54 Å². The maximum Gasteiger partial charge on any atom is 0.0704 e. The van der Waals surface area contributed by atoms with E-state index in [4.69, 9.17) is 14.2 Å². The minimum Gasteiger partial charge on any atom is -0.382 e. The molecule has 108 valence electrons. The van der Waals surface area contributed by atoms with Crippen LogP contribution in [0.5, 0.6) is 0 Å². The zero-order valence-electron chi connectivity index (χ0n) is 12.0. The van der Waals surface area contributed by atoms with E-state index in [1.54, 1.807) is 7.11 Å². The molecule has 0 spiro atoms. The molecule has 0 radical (unpaired) electrons. The molecule has 4 nitrogen and oxygen atoms in total. The number of hydrogen-bond acceptors (Lipinski definition) is 4. The largest absolute Gasteiger partial charge is 0.382 e. The summed E-state index contributed by atoms with van der Waals surface area (Å²) >= 11 is 0. The van der Waals surface area contributed by atoms with Crippen molar-refractivity contribution in [3.8, 4) is 0 Å². The monoisotopic (exact) mass is 259 g/mol. The van der Waals surface area contributed by atoms with Crippen molar-refractivity contribution in [1.82, 2.24) is 5.32 Å². The van der Waals surface area contributed by atoms with Crippen molar-refractivity contribution in [1.29, 1.82) is 0 Å². The van der Waals surface area contributed by atoms with Crippen LogP contribution in [0.25, 0.3) is 0 Å². The van der Waals surface area contributed by atoms with Gasteiger partial charge in [0.2, 0.25) is 0 Å². The fraction of sp³-hybridized carbons (Fsp3) is 1.00. The molecule has 0 aliphatic heterocycles. The summed E-state index contributed by atoms with van der Waals surface area (Å²) in [5.41, 5.74) is 0. The van der Waals surface area contributed by atoms with Crippen molar-refractivity contribution in [3.63, 3.8) is 0 Å². The van der Waals surface area contributed by atoms with E-state index < -0.39 is 0 Å². The first-order chi connectivity index (χ1) is 8.86.